The second-order valence-electron chi connectivity index (χ2n) is 5.80. The van der Waals surface area contributed by atoms with Gasteiger partial charge in [0.15, 0.2) is 0 Å². The lowest BCUT2D eigenvalue weighted by Gasteiger charge is -2.44. The SMILES string of the molecule is Cc1cc2c(cc1N)N[C@@]1(O)c3ccccc3C(=O)[C@]1(O)N2. The molecule has 0 unspecified atom stereocenters. The molecule has 6 N–H and O–H groups in total. The summed E-state index contributed by atoms with van der Waals surface area (Å²) in [5.41, 5.74) is 4.81. The number of carbonyl (C=O) groups excluding carboxylic acids is 1. The molecule has 2 atom stereocenters. The van der Waals surface area contributed by atoms with Crippen LogP contribution < -0.4 is 16.4 Å². The Hall–Kier alpha value is -2.57. The number of carbonyl (C=O) groups is 1. The molecule has 0 fully saturated rings. The van der Waals surface area contributed by atoms with Crippen molar-refractivity contribution in [3.63, 3.8) is 0 Å². The first kappa shape index (κ1) is 13.1. The van der Waals surface area contributed by atoms with Gasteiger partial charge in [-0.2, -0.15) is 0 Å². The number of hydrogen-bond donors (Lipinski definition) is 5. The Morgan fingerprint density at radius 2 is 1.68 bits per heavy atom. The third kappa shape index (κ3) is 1.33. The van der Waals surface area contributed by atoms with E-state index in [1.807, 2.05) is 6.92 Å². The Bertz CT molecular complexity index is 835. The molecule has 4 rings (SSSR count). The lowest BCUT2D eigenvalue weighted by Crippen LogP contribution is -2.63. The highest BCUT2D eigenvalue weighted by Crippen LogP contribution is 2.50. The molecule has 0 spiro atoms. The minimum atomic E-state index is -2.16. The zero-order valence-electron chi connectivity index (χ0n) is 11.8. The molecule has 22 heavy (non-hydrogen) atoms. The van der Waals surface area contributed by atoms with Gasteiger partial charge in [0.25, 0.3) is 5.72 Å². The zero-order chi connectivity index (χ0) is 15.7. The van der Waals surface area contributed by atoms with Crippen LogP contribution >= 0.6 is 0 Å². The predicted molar refractivity (Wildman–Crippen MR) is 82.5 cm³/mol. The van der Waals surface area contributed by atoms with Crippen molar-refractivity contribution in [2.24, 2.45) is 0 Å². The van der Waals surface area contributed by atoms with Gasteiger partial charge in [0, 0.05) is 16.8 Å². The number of nitrogen functional groups attached to an aromatic ring is 1. The van der Waals surface area contributed by atoms with Crippen molar-refractivity contribution in [3.8, 4) is 0 Å². The summed E-state index contributed by atoms with van der Waals surface area (Å²) in [6.45, 7) is 1.83. The number of aliphatic hydroxyl groups is 2. The van der Waals surface area contributed by atoms with Gasteiger partial charge in [-0.05, 0) is 24.6 Å². The van der Waals surface area contributed by atoms with E-state index in [0.29, 0.717) is 22.6 Å². The van der Waals surface area contributed by atoms with E-state index in [0.717, 1.165) is 5.56 Å². The van der Waals surface area contributed by atoms with Gasteiger partial charge in [0.05, 0.1) is 11.4 Å². The number of Topliss-reactive ketones (excluding diaryl/α,β-unsaturated/α-hetero) is 1. The van der Waals surface area contributed by atoms with Crippen molar-refractivity contribution in [2.75, 3.05) is 16.4 Å². The lowest BCUT2D eigenvalue weighted by atomic mass is 9.94. The molecule has 2 aromatic carbocycles. The number of nitrogens with one attached hydrogen (secondary N) is 2. The topological polar surface area (TPSA) is 108 Å². The molecule has 0 aromatic heterocycles. The molecule has 0 amide bonds. The van der Waals surface area contributed by atoms with Crippen molar-refractivity contribution in [1.29, 1.82) is 0 Å². The number of nitrogens with two attached hydrogens (primary N) is 1. The van der Waals surface area contributed by atoms with Gasteiger partial charge >= 0.3 is 0 Å². The summed E-state index contributed by atoms with van der Waals surface area (Å²) >= 11 is 0. The molecule has 1 aliphatic carbocycles. The number of ketones is 1. The van der Waals surface area contributed by atoms with E-state index in [-0.39, 0.29) is 5.56 Å². The molecule has 2 aromatic rings. The monoisotopic (exact) mass is 297 g/mol. The van der Waals surface area contributed by atoms with E-state index >= 15 is 0 Å². The zero-order valence-corrected chi connectivity index (χ0v) is 11.8. The van der Waals surface area contributed by atoms with Crippen molar-refractivity contribution >= 4 is 22.8 Å². The average Bonchev–Trinajstić information content (AvgIpc) is 2.65. The van der Waals surface area contributed by atoms with E-state index < -0.39 is 17.2 Å². The largest absolute Gasteiger partial charge is 0.398 e. The van der Waals surface area contributed by atoms with Crippen LogP contribution in [0, 0.1) is 6.92 Å². The molecular weight excluding hydrogens is 282 g/mol. The summed E-state index contributed by atoms with van der Waals surface area (Å²) in [4.78, 5) is 12.6. The molecule has 0 radical (unpaired) electrons. The van der Waals surface area contributed by atoms with E-state index in [1.165, 1.54) is 0 Å². The Kier molecular flexibility index (Phi) is 2.26. The van der Waals surface area contributed by atoms with Crippen molar-refractivity contribution < 1.29 is 15.0 Å². The fourth-order valence-corrected chi connectivity index (χ4v) is 3.18. The molecule has 0 bridgehead atoms. The maximum absolute atomic E-state index is 12.6. The van der Waals surface area contributed by atoms with Crippen LogP contribution in [0.3, 0.4) is 0 Å². The van der Waals surface area contributed by atoms with Crippen molar-refractivity contribution in [2.45, 2.75) is 18.4 Å². The fraction of sp³-hybridized carbons (Fsp3) is 0.188. The second kappa shape index (κ2) is 3.79. The molecular formula is C16H15N3O3. The van der Waals surface area contributed by atoms with Crippen molar-refractivity contribution in [1.82, 2.24) is 0 Å². The molecule has 0 saturated heterocycles. The minimum Gasteiger partial charge on any atom is -0.398 e. The van der Waals surface area contributed by atoms with Crippen LogP contribution in [0.25, 0.3) is 0 Å². The molecule has 0 saturated carbocycles. The van der Waals surface area contributed by atoms with E-state index in [1.54, 1.807) is 36.4 Å². The van der Waals surface area contributed by atoms with Gasteiger partial charge in [-0.3, -0.25) is 4.79 Å². The van der Waals surface area contributed by atoms with Crippen LogP contribution in [-0.2, 0) is 5.72 Å². The quantitative estimate of drug-likeness (QED) is 0.467. The van der Waals surface area contributed by atoms with Gasteiger partial charge in [0.2, 0.25) is 11.5 Å². The smallest absolute Gasteiger partial charge is 0.254 e. The fourth-order valence-electron chi connectivity index (χ4n) is 3.18. The Labute approximate surface area is 126 Å². The lowest BCUT2D eigenvalue weighted by molar-refractivity contribution is -0.0913. The van der Waals surface area contributed by atoms with Gasteiger partial charge in [-0.25, -0.2) is 0 Å². The first-order valence-electron chi connectivity index (χ1n) is 6.92. The van der Waals surface area contributed by atoms with E-state index in [4.69, 9.17) is 5.73 Å². The summed E-state index contributed by atoms with van der Waals surface area (Å²) in [6, 6.07) is 9.99. The van der Waals surface area contributed by atoms with Crippen LogP contribution in [-0.4, -0.2) is 21.7 Å². The number of anilines is 3. The van der Waals surface area contributed by atoms with E-state index in [9.17, 15) is 15.0 Å². The highest BCUT2D eigenvalue weighted by Gasteiger charge is 2.65. The number of fused-ring (bicyclic) bond motifs is 4. The highest BCUT2D eigenvalue weighted by molar-refractivity contribution is 6.11. The Balaban J connectivity index is 1.97. The highest BCUT2D eigenvalue weighted by atomic mass is 16.4. The number of aryl methyl sites for hydroxylation is 1. The Morgan fingerprint density at radius 3 is 2.45 bits per heavy atom. The molecule has 1 aliphatic heterocycles. The maximum atomic E-state index is 12.6. The molecule has 2 aliphatic rings. The normalized spacial score (nSPS) is 28.2. The summed E-state index contributed by atoms with van der Waals surface area (Å²) in [7, 11) is 0. The van der Waals surface area contributed by atoms with Crippen LogP contribution in [0.1, 0.15) is 21.5 Å². The summed E-state index contributed by atoms with van der Waals surface area (Å²) in [5, 5.41) is 27.5. The first-order valence-corrected chi connectivity index (χ1v) is 6.92. The van der Waals surface area contributed by atoms with E-state index in [2.05, 4.69) is 10.6 Å². The number of benzene rings is 2. The molecule has 6 nitrogen and oxygen atoms in total. The minimum absolute atomic E-state index is 0.282. The summed E-state index contributed by atoms with van der Waals surface area (Å²) < 4.78 is 0. The van der Waals surface area contributed by atoms with Gasteiger partial charge in [-0.15, -0.1) is 0 Å². The maximum Gasteiger partial charge on any atom is 0.254 e. The predicted octanol–water partition coefficient (Wildman–Crippen LogP) is 1.14. The number of rotatable bonds is 0. The summed E-state index contributed by atoms with van der Waals surface area (Å²) in [6.07, 6.45) is 0. The van der Waals surface area contributed by atoms with Crippen LogP contribution in [0.5, 0.6) is 0 Å². The molecule has 1 heterocycles. The molecule has 112 valence electrons. The average molecular weight is 297 g/mol. The van der Waals surface area contributed by atoms with Crippen molar-refractivity contribution in [3.05, 3.63) is 53.1 Å². The van der Waals surface area contributed by atoms with Crippen LogP contribution in [0.4, 0.5) is 17.1 Å². The molecule has 6 heteroatoms. The van der Waals surface area contributed by atoms with Crippen LogP contribution in [0.15, 0.2) is 36.4 Å². The second-order valence-corrected chi connectivity index (χ2v) is 5.80. The summed E-state index contributed by atoms with van der Waals surface area (Å²) in [5.74, 6) is -0.571. The van der Waals surface area contributed by atoms with Crippen LogP contribution in [0.2, 0.25) is 0 Å². The third-order valence-electron chi connectivity index (χ3n) is 4.45. The first-order chi connectivity index (χ1) is 10.4. The van der Waals surface area contributed by atoms with Gasteiger partial charge in [-0.1, -0.05) is 24.3 Å². The number of hydrogen-bond acceptors (Lipinski definition) is 6. The van der Waals surface area contributed by atoms with Gasteiger partial charge < -0.3 is 26.6 Å². The van der Waals surface area contributed by atoms with Gasteiger partial charge in [0.1, 0.15) is 0 Å². The standard InChI is InChI=1S/C16H15N3O3/c1-8-6-12-13(7-11(8)17)18-15(21)10-5-3-2-4-9(10)14(20)16(15,22)19-12/h2-7,18-19,21-22H,17H2,1H3/t15-,16-/m1/s1. The third-order valence-corrected chi connectivity index (χ3v) is 4.45. The Morgan fingerprint density at radius 1 is 1.05 bits per heavy atom.